The second kappa shape index (κ2) is 18.7. The van der Waals surface area contributed by atoms with Crippen LogP contribution in [0, 0.1) is 0 Å². The summed E-state index contributed by atoms with van der Waals surface area (Å²) in [5.41, 5.74) is 5.47. The number of fused-ring (bicyclic) bond motifs is 1. The lowest BCUT2D eigenvalue weighted by Gasteiger charge is -2.07. The van der Waals surface area contributed by atoms with Gasteiger partial charge in [-0.1, -0.05) is 77.0 Å². The summed E-state index contributed by atoms with van der Waals surface area (Å²) in [5.74, 6) is -0.649. The van der Waals surface area contributed by atoms with Crippen molar-refractivity contribution in [3.8, 4) is 5.88 Å². The van der Waals surface area contributed by atoms with Crippen LogP contribution in [0.5, 0.6) is 5.88 Å². The monoisotopic (exact) mass is 642 g/mol. The molecule has 0 aliphatic heterocycles. The Morgan fingerprint density at radius 2 is 1.67 bits per heavy atom. The van der Waals surface area contributed by atoms with Crippen LogP contribution in [0.1, 0.15) is 98.8 Å². The van der Waals surface area contributed by atoms with Crippen molar-refractivity contribution in [1.82, 2.24) is 25.1 Å². The fourth-order valence-corrected chi connectivity index (χ4v) is 4.83. The summed E-state index contributed by atoms with van der Waals surface area (Å²) >= 11 is 0. The van der Waals surface area contributed by atoms with Gasteiger partial charge in [0.05, 0.1) is 13.2 Å². The fraction of sp³-hybridized carbons (Fsp3) is 0.471. The summed E-state index contributed by atoms with van der Waals surface area (Å²) in [6, 6.07) is 11.7. The second-order valence-corrected chi connectivity index (χ2v) is 11.1. The van der Waals surface area contributed by atoms with Gasteiger partial charge < -0.3 is 20.9 Å². The average molecular weight is 643 g/mol. The maximum Gasteiger partial charge on any atom is 0.436 e. The van der Waals surface area contributed by atoms with Crippen molar-refractivity contribution in [3.05, 3.63) is 77.4 Å². The summed E-state index contributed by atoms with van der Waals surface area (Å²) < 4.78 is 44.5. The topological polar surface area (TPSA) is 128 Å². The highest BCUT2D eigenvalue weighted by Gasteiger charge is 2.39. The fourth-order valence-electron chi connectivity index (χ4n) is 4.83. The average Bonchev–Trinajstić information content (AvgIpc) is 3.47. The molecule has 0 radical (unpaired) electrons. The van der Waals surface area contributed by atoms with E-state index in [0.717, 1.165) is 35.8 Å². The van der Waals surface area contributed by atoms with Gasteiger partial charge in [0, 0.05) is 36.6 Å². The van der Waals surface area contributed by atoms with E-state index < -0.39 is 23.4 Å². The number of hydrogen-bond acceptors (Lipinski definition) is 7. The number of hydrogen-bond donors (Lipinski definition) is 3. The molecular weight excluding hydrogens is 597 g/mol. The third-order valence-electron chi connectivity index (χ3n) is 7.25. The molecule has 46 heavy (non-hydrogen) atoms. The van der Waals surface area contributed by atoms with Crippen LogP contribution < -0.4 is 15.8 Å². The van der Waals surface area contributed by atoms with Gasteiger partial charge >= 0.3 is 12.1 Å². The first-order chi connectivity index (χ1) is 22.1. The number of ether oxygens (including phenoxy) is 1. The lowest BCUT2D eigenvalue weighted by atomic mass is 10.1. The normalized spacial score (nSPS) is 11.3. The number of halogens is 3. The zero-order chi connectivity index (χ0) is 33.4. The van der Waals surface area contributed by atoms with Crippen LogP contribution >= 0.6 is 0 Å². The standard InChI is InChI=1S/C20H31N3.C14H14F3N3O3/c1-2-3-4-5-6-7-8-9-13-22-16-17-10-11-19-18(15-17)12-14-23-20(19)21;1-2-5-23-11-4-3-9(6-18-11)7-20-8-10(13(21)22)12(19-20)14(15,16)17/h10-12,14-15,22H,2-9,13,16H2,1H3,(H2,21,23);3-4,6,8H,2,5,7H2,1H3,(H,21,22). The number of carboxylic acid groups (broad SMARTS) is 1. The molecule has 0 spiro atoms. The van der Waals surface area contributed by atoms with E-state index in [1.54, 1.807) is 18.3 Å². The molecule has 0 saturated carbocycles. The predicted molar refractivity (Wildman–Crippen MR) is 174 cm³/mol. The lowest BCUT2D eigenvalue weighted by Crippen LogP contribution is -2.14. The molecule has 9 nitrogen and oxygen atoms in total. The molecule has 0 aliphatic carbocycles. The largest absolute Gasteiger partial charge is 0.478 e. The number of anilines is 1. The molecule has 3 heterocycles. The SMILES string of the molecule is CCCCCCCCCCNCc1ccc2c(N)nccc2c1.CCCOc1ccc(Cn2cc(C(=O)O)c(C(F)(F)F)n2)cn1. The number of aromatic carboxylic acids is 1. The molecule has 0 saturated heterocycles. The highest BCUT2D eigenvalue weighted by Crippen LogP contribution is 2.31. The first-order valence-corrected chi connectivity index (χ1v) is 15.9. The Morgan fingerprint density at radius 1 is 0.957 bits per heavy atom. The van der Waals surface area contributed by atoms with E-state index in [9.17, 15) is 18.0 Å². The molecule has 0 fully saturated rings. The Hall–Kier alpha value is -4.19. The predicted octanol–water partition coefficient (Wildman–Crippen LogP) is 7.88. The number of aromatic nitrogens is 4. The Morgan fingerprint density at radius 3 is 2.30 bits per heavy atom. The van der Waals surface area contributed by atoms with Crippen molar-refractivity contribution in [2.24, 2.45) is 0 Å². The van der Waals surface area contributed by atoms with E-state index in [1.807, 2.05) is 13.0 Å². The highest BCUT2D eigenvalue weighted by atomic mass is 19.4. The van der Waals surface area contributed by atoms with Crippen LogP contribution in [0.4, 0.5) is 19.0 Å². The van der Waals surface area contributed by atoms with E-state index in [-0.39, 0.29) is 6.54 Å². The Labute approximate surface area is 268 Å². The third-order valence-corrected chi connectivity index (χ3v) is 7.25. The Kier molecular flexibility index (Phi) is 14.7. The third kappa shape index (κ3) is 12.0. The van der Waals surface area contributed by atoms with Gasteiger partial charge in [0.2, 0.25) is 5.88 Å². The Balaban J connectivity index is 0.000000250. The molecule has 3 aromatic heterocycles. The minimum absolute atomic E-state index is 0.0303. The van der Waals surface area contributed by atoms with Gasteiger partial charge in [-0.2, -0.15) is 18.3 Å². The van der Waals surface area contributed by atoms with Crippen molar-refractivity contribution >= 4 is 22.6 Å². The van der Waals surface area contributed by atoms with E-state index in [4.69, 9.17) is 15.6 Å². The number of nitrogens with one attached hydrogen (secondary N) is 1. The smallest absolute Gasteiger partial charge is 0.436 e. The second-order valence-electron chi connectivity index (χ2n) is 11.1. The molecule has 12 heteroatoms. The van der Waals surface area contributed by atoms with Crippen LogP contribution in [-0.2, 0) is 19.3 Å². The molecule has 0 bridgehead atoms. The summed E-state index contributed by atoms with van der Waals surface area (Å²) in [5, 5.41) is 17.9. The van der Waals surface area contributed by atoms with Crippen molar-refractivity contribution < 1.29 is 27.8 Å². The number of rotatable bonds is 17. The summed E-state index contributed by atoms with van der Waals surface area (Å²) in [7, 11) is 0. The van der Waals surface area contributed by atoms with Crippen LogP contribution in [0.3, 0.4) is 0 Å². The van der Waals surface area contributed by atoms with Gasteiger partial charge in [0.1, 0.15) is 11.4 Å². The van der Waals surface area contributed by atoms with Crippen molar-refractivity contribution in [2.45, 2.75) is 90.9 Å². The minimum atomic E-state index is -4.82. The molecule has 1 aromatic carbocycles. The van der Waals surface area contributed by atoms with Crippen molar-refractivity contribution in [2.75, 3.05) is 18.9 Å². The summed E-state index contributed by atoms with van der Waals surface area (Å²) in [6.07, 6.45) is 11.0. The minimum Gasteiger partial charge on any atom is -0.478 e. The molecule has 0 aliphatic rings. The number of carboxylic acids is 1. The molecule has 250 valence electrons. The first-order valence-electron chi connectivity index (χ1n) is 15.9. The van der Waals surface area contributed by atoms with Gasteiger partial charge in [0.15, 0.2) is 5.69 Å². The Bertz CT molecular complexity index is 1490. The molecule has 0 unspecified atom stereocenters. The van der Waals surface area contributed by atoms with Gasteiger partial charge in [-0.15, -0.1) is 0 Å². The maximum absolute atomic E-state index is 12.8. The van der Waals surface area contributed by atoms with Crippen LogP contribution in [-0.4, -0.2) is 44.0 Å². The van der Waals surface area contributed by atoms with Gasteiger partial charge in [0.25, 0.3) is 0 Å². The number of benzene rings is 1. The van der Waals surface area contributed by atoms with Crippen LogP contribution in [0.2, 0.25) is 0 Å². The number of nitrogens with zero attached hydrogens (tertiary/aromatic N) is 4. The van der Waals surface area contributed by atoms with Gasteiger partial charge in [-0.25, -0.2) is 14.8 Å². The molecule has 0 amide bonds. The van der Waals surface area contributed by atoms with E-state index >= 15 is 0 Å². The molecule has 4 rings (SSSR count). The van der Waals surface area contributed by atoms with E-state index in [0.29, 0.717) is 23.9 Å². The molecular formula is C34H45F3N6O3. The molecule has 4 N–H and O–H groups in total. The number of unbranched alkanes of at least 4 members (excludes halogenated alkanes) is 7. The van der Waals surface area contributed by atoms with E-state index in [2.05, 4.69) is 45.5 Å². The zero-order valence-electron chi connectivity index (χ0n) is 26.7. The number of nitrogen functional groups attached to an aromatic ring is 1. The zero-order valence-corrected chi connectivity index (χ0v) is 26.7. The number of nitrogens with two attached hydrogens (primary N) is 1. The summed E-state index contributed by atoms with van der Waals surface area (Å²) in [4.78, 5) is 19.0. The maximum atomic E-state index is 12.8. The van der Waals surface area contributed by atoms with Crippen LogP contribution in [0.25, 0.3) is 10.8 Å². The molecule has 0 atom stereocenters. The van der Waals surface area contributed by atoms with Crippen molar-refractivity contribution in [3.63, 3.8) is 0 Å². The quantitative estimate of drug-likeness (QED) is 0.0993. The number of pyridine rings is 2. The summed E-state index contributed by atoms with van der Waals surface area (Å²) in [6.45, 7) is 6.73. The van der Waals surface area contributed by atoms with Gasteiger partial charge in [-0.3, -0.25) is 4.68 Å². The first kappa shape index (κ1) is 36.3. The lowest BCUT2D eigenvalue weighted by molar-refractivity contribution is -0.142. The number of alkyl halides is 3. The van der Waals surface area contributed by atoms with Crippen molar-refractivity contribution in [1.29, 1.82) is 0 Å². The highest BCUT2D eigenvalue weighted by molar-refractivity contribution is 5.91. The van der Waals surface area contributed by atoms with Gasteiger partial charge in [-0.05, 0) is 48.0 Å². The van der Waals surface area contributed by atoms with Crippen LogP contribution in [0.15, 0.2) is 55.0 Å². The number of carbonyl (C=O) groups is 1. The molecule has 4 aromatic rings. The van der Waals surface area contributed by atoms with E-state index in [1.165, 1.54) is 68.5 Å².